The minimum atomic E-state index is 0.0241. The Morgan fingerprint density at radius 3 is 2.96 bits per heavy atom. The maximum atomic E-state index is 12.9. The monoisotopic (exact) mass is 340 g/mol. The van der Waals surface area contributed by atoms with Crippen molar-refractivity contribution in [3.8, 4) is 0 Å². The molecule has 6 heteroatoms. The number of aryl methyl sites for hydroxylation is 2. The number of imidazole rings is 1. The van der Waals surface area contributed by atoms with E-state index >= 15 is 0 Å². The number of aromatic nitrogens is 3. The van der Waals surface area contributed by atoms with Gasteiger partial charge in [0, 0.05) is 42.0 Å². The highest BCUT2D eigenvalue weighted by Gasteiger charge is 2.28. The van der Waals surface area contributed by atoms with Crippen molar-refractivity contribution < 1.29 is 4.79 Å². The number of likely N-dealkylation sites (tertiary alicyclic amines) is 1. The number of fused-ring (bicyclic) bond motifs is 1. The normalized spacial score (nSPS) is 18.2. The van der Waals surface area contributed by atoms with Gasteiger partial charge in [-0.2, -0.15) is 0 Å². The number of pyridine rings is 1. The molecular weight excluding hydrogens is 320 g/mol. The van der Waals surface area contributed by atoms with Crippen LogP contribution in [0.5, 0.6) is 0 Å². The summed E-state index contributed by atoms with van der Waals surface area (Å²) >= 11 is 1.74. The minimum Gasteiger partial charge on any atom is -0.337 e. The van der Waals surface area contributed by atoms with E-state index in [0.29, 0.717) is 11.6 Å². The van der Waals surface area contributed by atoms with Gasteiger partial charge in [0.1, 0.15) is 11.3 Å². The van der Waals surface area contributed by atoms with Gasteiger partial charge >= 0.3 is 0 Å². The van der Waals surface area contributed by atoms with E-state index in [9.17, 15) is 4.79 Å². The van der Waals surface area contributed by atoms with Gasteiger partial charge in [0.05, 0.1) is 5.01 Å². The summed E-state index contributed by atoms with van der Waals surface area (Å²) in [6.45, 7) is 5.63. The van der Waals surface area contributed by atoms with Crippen molar-refractivity contribution in [1.82, 2.24) is 19.3 Å². The first-order valence-corrected chi connectivity index (χ1v) is 9.10. The molecule has 1 fully saturated rings. The van der Waals surface area contributed by atoms with Crippen LogP contribution in [0.4, 0.5) is 0 Å². The van der Waals surface area contributed by atoms with Gasteiger partial charge in [0.25, 0.3) is 5.91 Å². The van der Waals surface area contributed by atoms with E-state index < -0.39 is 0 Å². The molecule has 0 unspecified atom stereocenters. The van der Waals surface area contributed by atoms with Crippen LogP contribution in [-0.2, 0) is 0 Å². The second-order valence-electron chi connectivity index (χ2n) is 6.42. The van der Waals surface area contributed by atoms with E-state index in [1.807, 2.05) is 46.8 Å². The molecular formula is C18H20N4OS. The number of nitrogens with zero attached hydrogens (tertiary/aromatic N) is 4. The zero-order valence-electron chi connectivity index (χ0n) is 13.9. The zero-order valence-corrected chi connectivity index (χ0v) is 14.7. The molecule has 3 aromatic rings. The first kappa shape index (κ1) is 15.3. The lowest BCUT2D eigenvalue weighted by Crippen LogP contribution is -2.39. The average Bonchev–Trinajstić information content (AvgIpc) is 3.21. The van der Waals surface area contributed by atoms with Gasteiger partial charge in [0.15, 0.2) is 0 Å². The van der Waals surface area contributed by atoms with Gasteiger partial charge in [-0.1, -0.05) is 6.07 Å². The van der Waals surface area contributed by atoms with Crippen LogP contribution in [-0.4, -0.2) is 38.3 Å². The predicted molar refractivity (Wildman–Crippen MR) is 94.7 cm³/mol. The van der Waals surface area contributed by atoms with Gasteiger partial charge in [-0.05, 0) is 38.8 Å². The van der Waals surface area contributed by atoms with Gasteiger partial charge in [-0.3, -0.25) is 4.79 Å². The van der Waals surface area contributed by atoms with Crippen molar-refractivity contribution in [2.45, 2.75) is 32.6 Å². The van der Waals surface area contributed by atoms with Crippen LogP contribution in [0.15, 0.2) is 30.6 Å². The molecule has 0 bridgehead atoms. The summed E-state index contributed by atoms with van der Waals surface area (Å²) in [4.78, 5) is 25.1. The fraction of sp³-hybridized carbons (Fsp3) is 0.389. The van der Waals surface area contributed by atoms with Gasteiger partial charge in [-0.25, -0.2) is 9.97 Å². The van der Waals surface area contributed by atoms with Crippen molar-refractivity contribution in [2.24, 2.45) is 0 Å². The molecule has 124 valence electrons. The molecule has 24 heavy (non-hydrogen) atoms. The molecule has 0 aromatic carbocycles. The molecule has 3 aromatic heterocycles. The van der Waals surface area contributed by atoms with Crippen molar-refractivity contribution in [2.75, 3.05) is 13.1 Å². The molecule has 0 N–H and O–H groups in total. The third-order valence-corrected chi connectivity index (χ3v) is 5.69. The average molecular weight is 340 g/mol. The molecule has 1 amide bonds. The Hall–Kier alpha value is -2.21. The summed E-state index contributed by atoms with van der Waals surface area (Å²) in [7, 11) is 0. The third kappa shape index (κ3) is 2.71. The zero-order chi connectivity index (χ0) is 16.7. The lowest BCUT2D eigenvalue weighted by molar-refractivity contribution is 0.0702. The number of piperidine rings is 1. The fourth-order valence-corrected chi connectivity index (χ4v) is 4.24. The van der Waals surface area contributed by atoms with Crippen molar-refractivity contribution in [1.29, 1.82) is 0 Å². The summed E-state index contributed by atoms with van der Waals surface area (Å²) in [5, 5.41) is 1.15. The number of hydrogen-bond donors (Lipinski definition) is 0. The summed E-state index contributed by atoms with van der Waals surface area (Å²) in [6.07, 6.45) is 5.89. The Labute approximate surface area is 145 Å². The SMILES string of the molecule is Cc1cnc([C@H]2CCCN(C(=O)c3cn4c(C)cccc4n3)C2)s1. The highest BCUT2D eigenvalue weighted by atomic mass is 32.1. The molecule has 0 saturated carbocycles. The molecule has 0 aliphatic carbocycles. The molecule has 1 aliphatic heterocycles. The number of carbonyl (C=O) groups is 1. The molecule has 4 rings (SSSR count). The minimum absolute atomic E-state index is 0.0241. The molecule has 0 spiro atoms. The van der Waals surface area contributed by atoms with Crippen molar-refractivity contribution >= 4 is 22.9 Å². The topological polar surface area (TPSA) is 50.5 Å². The number of amides is 1. The van der Waals surface area contributed by atoms with Crippen LogP contribution >= 0.6 is 11.3 Å². The van der Waals surface area contributed by atoms with E-state index in [0.717, 1.165) is 42.3 Å². The largest absolute Gasteiger partial charge is 0.337 e. The number of hydrogen-bond acceptors (Lipinski definition) is 4. The van der Waals surface area contributed by atoms with Gasteiger partial charge in [-0.15, -0.1) is 11.3 Å². The van der Waals surface area contributed by atoms with E-state index in [1.165, 1.54) is 4.88 Å². The number of carbonyl (C=O) groups excluding carboxylic acids is 1. The first-order chi connectivity index (χ1) is 11.6. The van der Waals surface area contributed by atoms with Crippen LogP contribution in [0.2, 0.25) is 0 Å². The van der Waals surface area contributed by atoms with E-state index in [1.54, 1.807) is 11.3 Å². The molecule has 1 aliphatic rings. The van der Waals surface area contributed by atoms with E-state index in [2.05, 4.69) is 16.9 Å². The highest BCUT2D eigenvalue weighted by molar-refractivity contribution is 7.11. The standard InChI is InChI=1S/C18H20N4OS/c1-12-5-3-7-16-20-15(11-22(12)16)18(23)21-8-4-6-14(10-21)17-19-9-13(2)24-17/h3,5,7,9,11,14H,4,6,8,10H2,1-2H3/t14-/m0/s1. The predicted octanol–water partition coefficient (Wildman–Crippen LogP) is 3.43. The quantitative estimate of drug-likeness (QED) is 0.718. The smallest absolute Gasteiger partial charge is 0.274 e. The summed E-state index contributed by atoms with van der Waals surface area (Å²) in [5.74, 6) is 0.372. The Bertz CT molecular complexity index is 897. The summed E-state index contributed by atoms with van der Waals surface area (Å²) in [6, 6.07) is 5.92. The summed E-state index contributed by atoms with van der Waals surface area (Å²) in [5.41, 5.74) is 2.43. The fourth-order valence-electron chi connectivity index (χ4n) is 3.34. The Morgan fingerprint density at radius 2 is 2.21 bits per heavy atom. The summed E-state index contributed by atoms with van der Waals surface area (Å²) < 4.78 is 1.97. The first-order valence-electron chi connectivity index (χ1n) is 8.28. The lowest BCUT2D eigenvalue weighted by Gasteiger charge is -2.31. The van der Waals surface area contributed by atoms with Crippen LogP contribution in [0.25, 0.3) is 5.65 Å². The highest BCUT2D eigenvalue weighted by Crippen LogP contribution is 2.30. The van der Waals surface area contributed by atoms with Crippen molar-refractivity contribution in [3.63, 3.8) is 0 Å². The number of thiazole rings is 1. The maximum absolute atomic E-state index is 12.9. The van der Waals surface area contributed by atoms with E-state index in [4.69, 9.17) is 0 Å². The second-order valence-corrected chi connectivity index (χ2v) is 7.69. The van der Waals surface area contributed by atoms with Crippen molar-refractivity contribution in [3.05, 3.63) is 51.9 Å². The number of rotatable bonds is 2. The van der Waals surface area contributed by atoms with Gasteiger partial charge < -0.3 is 9.30 Å². The third-order valence-electron chi connectivity index (χ3n) is 4.61. The van der Waals surface area contributed by atoms with Crippen LogP contribution in [0, 0.1) is 13.8 Å². The molecule has 0 radical (unpaired) electrons. The lowest BCUT2D eigenvalue weighted by atomic mass is 9.98. The van der Waals surface area contributed by atoms with Gasteiger partial charge in [0.2, 0.25) is 0 Å². The molecule has 1 atom stereocenters. The Morgan fingerprint density at radius 1 is 1.33 bits per heavy atom. The molecule has 5 nitrogen and oxygen atoms in total. The molecule has 1 saturated heterocycles. The molecule has 4 heterocycles. The van der Waals surface area contributed by atoms with E-state index in [-0.39, 0.29) is 5.91 Å². The van der Waals surface area contributed by atoms with Crippen LogP contribution in [0.3, 0.4) is 0 Å². The van der Waals surface area contributed by atoms with Crippen LogP contribution < -0.4 is 0 Å². The second kappa shape index (κ2) is 6.02. The maximum Gasteiger partial charge on any atom is 0.274 e. The Kier molecular flexibility index (Phi) is 3.84. The van der Waals surface area contributed by atoms with Crippen LogP contribution in [0.1, 0.15) is 44.8 Å². The Balaban J connectivity index is 1.57.